The zero-order valence-corrected chi connectivity index (χ0v) is 18.1. The number of likely N-dealkylation sites (tertiary alicyclic amines) is 1. The molecule has 1 atom stereocenters. The maximum absolute atomic E-state index is 12.9. The van der Waals surface area contributed by atoms with Crippen molar-refractivity contribution in [2.75, 3.05) is 32.6 Å². The molecule has 3 aromatic rings. The van der Waals surface area contributed by atoms with E-state index in [4.69, 9.17) is 13.9 Å². The summed E-state index contributed by atoms with van der Waals surface area (Å²) in [6.07, 6.45) is 1.87. The van der Waals surface area contributed by atoms with Crippen molar-refractivity contribution in [1.29, 1.82) is 0 Å². The number of methoxy groups -OCH3 is 2. The summed E-state index contributed by atoms with van der Waals surface area (Å²) in [5.41, 5.74) is 1.23. The summed E-state index contributed by atoms with van der Waals surface area (Å²) in [5.74, 6) is 1.95. The number of benzene rings is 1. The number of aromatic amines is 1. The fraction of sp³-hybridized carbons (Fsp3) is 0.409. The van der Waals surface area contributed by atoms with Gasteiger partial charge in [-0.1, -0.05) is 0 Å². The highest BCUT2D eigenvalue weighted by molar-refractivity contribution is 6.01. The summed E-state index contributed by atoms with van der Waals surface area (Å²) in [7, 11) is 3.26. The van der Waals surface area contributed by atoms with E-state index in [1.54, 1.807) is 28.1 Å². The first-order valence-electron chi connectivity index (χ1n) is 10.2. The van der Waals surface area contributed by atoms with E-state index in [1.807, 2.05) is 18.2 Å². The number of amides is 1. The molecule has 1 amide bonds. The third-order valence-corrected chi connectivity index (χ3v) is 5.76. The van der Waals surface area contributed by atoms with Crippen LogP contribution in [-0.2, 0) is 4.79 Å². The molecule has 9 heteroatoms. The molecule has 1 aliphatic heterocycles. The quantitative estimate of drug-likeness (QED) is 0.624. The van der Waals surface area contributed by atoms with E-state index in [0.29, 0.717) is 22.2 Å². The first kappa shape index (κ1) is 20.9. The number of nitrogens with zero attached hydrogens (tertiary/aromatic N) is 2. The van der Waals surface area contributed by atoms with Crippen LogP contribution in [-0.4, -0.2) is 48.3 Å². The van der Waals surface area contributed by atoms with Crippen LogP contribution in [0.1, 0.15) is 35.9 Å². The van der Waals surface area contributed by atoms with Crippen molar-refractivity contribution in [3.8, 4) is 11.5 Å². The summed E-state index contributed by atoms with van der Waals surface area (Å²) < 4.78 is 16.6. The van der Waals surface area contributed by atoms with Gasteiger partial charge < -0.3 is 13.9 Å². The molecule has 0 radical (unpaired) electrons. The second kappa shape index (κ2) is 8.43. The highest BCUT2D eigenvalue weighted by Crippen LogP contribution is 2.38. The molecular weight excluding hydrogens is 400 g/mol. The SMILES string of the molecule is COc1ccc(OC)c(C2CCCN2CC(=O)Nc2oc(C)c3c(C)n[nH]c(=O)c23)c1. The number of anilines is 1. The number of nitrogens with one attached hydrogen (secondary N) is 2. The van der Waals surface area contributed by atoms with E-state index in [-0.39, 0.29) is 24.4 Å². The third-order valence-electron chi connectivity index (χ3n) is 5.76. The lowest BCUT2D eigenvalue weighted by Gasteiger charge is -2.25. The minimum Gasteiger partial charge on any atom is -0.497 e. The zero-order valence-electron chi connectivity index (χ0n) is 18.1. The number of aryl methyl sites for hydroxylation is 2. The maximum Gasteiger partial charge on any atom is 0.277 e. The van der Waals surface area contributed by atoms with E-state index in [1.165, 1.54) is 0 Å². The van der Waals surface area contributed by atoms with Gasteiger partial charge in [0.2, 0.25) is 11.8 Å². The van der Waals surface area contributed by atoms with Gasteiger partial charge in [0, 0.05) is 11.6 Å². The average Bonchev–Trinajstić information content (AvgIpc) is 3.34. The van der Waals surface area contributed by atoms with Gasteiger partial charge in [0.1, 0.15) is 22.6 Å². The normalized spacial score (nSPS) is 16.6. The molecule has 164 valence electrons. The molecule has 4 rings (SSSR count). The number of carbonyl (C=O) groups is 1. The van der Waals surface area contributed by atoms with E-state index in [2.05, 4.69) is 20.4 Å². The van der Waals surface area contributed by atoms with Crippen molar-refractivity contribution in [3.05, 3.63) is 45.6 Å². The van der Waals surface area contributed by atoms with Gasteiger partial charge in [-0.2, -0.15) is 5.10 Å². The van der Waals surface area contributed by atoms with Gasteiger partial charge in [0.15, 0.2) is 0 Å². The van der Waals surface area contributed by atoms with Gasteiger partial charge >= 0.3 is 0 Å². The Bertz CT molecular complexity index is 1180. The second-order valence-electron chi connectivity index (χ2n) is 7.66. The molecule has 1 unspecified atom stereocenters. The summed E-state index contributed by atoms with van der Waals surface area (Å²) in [4.78, 5) is 27.3. The van der Waals surface area contributed by atoms with Crippen LogP contribution in [0.15, 0.2) is 27.4 Å². The van der Waals surface area contributed by atoms with Crippen molar-refractivity contribution in [2.45, 2.75) is 32.7 Å². The van der Waals surface area contributed by atoms with Gasteiger partial charge in [-0.3, -0.25) is 19.8 Å². The van der Waals surface area contributed by atoms with Gasteiger partial charge in [0.25, 0.3) is 5.56 Å². The lowest BCUT2D eigenvalue weighted by atomic mass is 10.0. The summed E-state index contributed by atoms with van der Waals surface area (Å²) in [5, 5.41) is 10.1. The Morgan fingerprint density at radius 1 is 1.29 bits per heavy atom. The van der Waals surface area contributed by atoms with E-state index in [9.17, 15) is 9.59 Å². The number of rotatable bonds is 6. The van der Waals surface area contributed by atoms with E-state index < -0.39 is 5.56 Å². The summed E-state index contributed by atoms with van der Waals surface area (Å²) in [6.45, 7) is 4.47. The summed E-state index contributed by atoms with van der Waals surface area (Å²) in [6, 6.07) is 5.72. The fourth-order valence-electron chi connectivity index (χ4n) is 4.35. The molecule has 2 aromatic heterocycles. The highest BCUT2D eigenvalue weighted by Gasteiger charge is 2.30. The Morgan fingerprint density at radius 3 is 2.84 bits per heavy atom. The monoisotopic (exact) mass is 426 g/mol. The number of hydrogen-bond acceptors (Lipinski definition) is 7. The Balaban J connectivity index is 1.56. The lowest BCUT2D eigenvalue weighted by molar-refractivity contribution is -0.117. The van der Waals surface area contributed by atoms with Gasteiger partial charge in [0.05, 0.1) is 31.8 Å². The van der Waals surface area contributed by atoms with Crippen molar-refractivity contribution in [2.24, 2.45) is 0 Å². The standard InChI is InChI=1S/C22H26N4O5/c1-12-19-13(2)31-22(20(19)21(28)25-24-12)23-18(27)11-26-9-5-6-16(26)15-10-14(29-3)7-8-17(15)30-4/h7-8,10,16H,5-6,9,11H2,1-4H3,(H,23,27)(H,25,28). The fourth-order valence-corrected chi connectivity index (χ4v) is 4.35. The largest absolute Gasteiger partial charge is 0.497 e. The van der Waals surface area contributed by atoms with Crippen LogP contribution in [0.2, 0.25) is 0 Å². The number of ether oxygens (including phenoxy) is 2. The molecule has 1 saturated heterocycles. The minimum atomic E-state index is -0.395. The third kappa shape index (κ3) is 3.88. The number of carbonyl (C=O) groups excluding carboxylic acids is 1. The highest BCUT2D eigenvalue weighted by atomic mass is 16.5. The molecule has 0 saturated carbocycles. The van der Waals surface area contributed by atoms with Gasteiger partial charge in [-0.25, -0.2) is 5.10 Å². The van der Waals surface area contributed by atoms with Gasteiger partial charge in [-0.15, -0.1) is 0 Å². The van der Waals surface area contributed by atoms with Crippen molar-refractivity contribution in [3.63, 3.8) is 0 Å². The molecule has 1 aromatic carbocycles. The number of fused-ring (bicyclic) bond motifs is 1. The number of hydrogen-bond donors (Lipinski definition) is 2. The predicted molar refractivity (Wildman–Crippen MR) is 116 cm³/mol. The Labute approximate surface area is 179 Å². The second-order valence-corrected chi connectivity index (χ2v) is 7.66. The molecule has 1 fully saturated rings. The molecule has 3 heterocycles. The molecule has 0 spiro atoms. The van der Waals surface area contributed by atoms with Crippen molar-refractivity contribution in [1.82, 2.24) is 15.1 Å². The Morgan fingerprint density at radius 2 is 2.10 bits per heavy atom. The predicted octanol–water partition coefficient (Wildman–Crippen LogP) is 2.93. The average molecular weight is 426 g/mol. The molecular formula is C22H26N4O5. The van der Waals surface area contributed by atoms with Crippen LogP contribution in [0.5, 0.6) is 11.5 Å². The van der Waals surface area contributed by atoms with E-state index >= 15 is 0 Å². The topological polar surface area (TPSA) is 110 Å². The number of aromatic nitrogens is 2. The van der Waals surface area contributed by atoms with Gasteiger partial charge in [-0.05, 0) is 51.4 Å². The lowest BCUT2D eigenvalue weighted by Crippen LogP contribution is -2.33. The Hall–Kier alpha value is -3.33. The Kier molecular flexibility index (Phi) is 5.69. The molecule has 1 aliphatic rings. The molecule has 31 heavy (non-hydrogen) atoms. The smallest absolute Gasteiger partial charge is 0.277 e. The van der Waals surface area contributed by atoms with Crippen LogP contribution in [0.25, 0.3) is 10.8 Å². The molecule has 0 aliphatic carbocycles. The van der Waals surface area contributed by atoms with Crippen molar-refractivity contribution >= 4 is 22.6 Å². The first-order chi connectivity index (χ1) is 14.9. The zero-order chi connectivity index (χ0) is 22.1. The van der Waals surface area contributed by atoms with Crippen LogP contribution < -0.4 is 20.3 Å². The van der Waals surface area contributed by atoms with Crippen LogP contribution in [0.4, 0.5) is 5.88 Å². The molecule has 2 N–H and O–H groups in total. The van der Waals surface area contributed by atoms with E-state index in [0.717, 1.165) is 36.4 Å². The maximum atomic E-state index is 12.9. The molecule has 0 bridgehead atoms. The first-order valence-corrected chi connectivity index (χ1v) is 10.2. The number of H-pyrrole nitrogens is 1. The number of furan rings is 1. The minimum absolute atomic E-state index is 0.0285. The van der Waals surface area contributed by atoms with Crippen LogP contribution >= 0.6 is 0 Å². The van der Waals surface area contributed by atoms with Crippen LogP contribution in [0, 0.1) is 13.8 Å². The van der Waals surface area contributed by atoms with Crippen molar-refractivity contribution < 1.29 is 18.7 Å². The van der Waals surface area contributed by atoms with Crippen LogP contribution in [0.3, 0.4) is 0 Å². The molecule has 9 nitrogen and oxygen atoms in total. The summed E-state index contributed by atoms with van der Waals surface area (Å²) >= 11 is 0.